The van der Waals surface area contributed by atoms with E-state index in [1.165, 1.54) is 54.6 Å². The first-order valence-electron chi connectivity index (χ1n) is 11.8. The number of fused-ring (bicyclic) bond motifs is 1. The minimum absolute atomic E-state index is 0.00454. The summed E-state index contributed by atoms with van der Waals surface area (Å²) in [6.45, 7) is 1.67. The van der Waals surface area contributed by atoms with Crippen LogP contribution in [-0.2, 0) is 29.2 Å². The number of allylic oxidation sites excluding steroid dienone is 1. The molecule has 5 rings (SSSR count). The van der Waals surface area contributed by atoms with Gasteiger partial charge in [0.1, 0.15) is 10.6 Å². The molecule has 9 heteroatoms. The zero-order valence-electron chi connectivity index (χ0n) is 20.0. The predicted octanol–water partition coefficient (Wildman–Crippen LogP) is 4.84. The van der Waals surface area contributed by atoms with Crippen molar-refractivity contribution in [2.75, 3.05) is 6.61 Å². The first-order valence-corrected chi connectivity index (χ1v) is 14.8. The first-order chi connectivity index (χ1) is 17.6. The minimum Gasteiger partial charge on any atom is -0.466 e. The van der Waals surface area contributed by atoms with Crippen molar-refractivity contribution >= 4 is 25.6 Å². The van der Waals surface area contributed by atoms with Crippen molar-refractivity contribution in [2.24, 2.45) is 5.41 Å². The topological polar surface area (TPSA) is 94.6 Å². The maximum atomic E-state index is 14.1. The van der Waals surface area contributed by atoms with Gasteiger partial charge in [-0.05, 0) is 67.8 Å². The summed E-state index contributed by atoms with van der Waals surface area (Å²) in [5.74, 6) is -2.06. The third-order valence-electron chi connectivity index (χ3n) is 7.36. The maximum absolute atomic E-state index is 14.1. The maximum Gasteiger partial charge on any atom is 0.314 e. The summed E-state index contributed by atoms with van der Waals surface area (Å²) in [5.41, 5.74) is -1.01. The van der Waals surface area contributed by atoms with E-state index in [2.05, 4.69) is 0 Å². The van der Waals surface area contributed by atoms with E-state index >= 15 is 0 Å². The zero-order valence-corrected chi connectivity index (χ0v) is 21.6. The second kappa shape index (κ2) is 8.92. The summed E-state index contributed by atoms with van der Waals surface area (Å²) in [7, 11) is -8.37. The van der Waals surface area contributed by atoms with Crippen molar-refractivity contribution in [3.05, 3.63) is 107 Å². The molecule has 0 radical (unpaired) electrons. The van der Waals surface area contributed by atoms with Crippen LogP contribution in [0.25, 0.3) is 0 Å². The van der Waals surface area contributed by atoms with Crippen LogP contribution in [0, 0.1) is 11.2 Å². The average Bonchev–Trinajstić information content (AvgIpc) is 3.61. The number of hydrogen-bond acceptors (Lipinski definition) is 6. The van der Waals surface area contributed by atoms with Crippen LogP contribution in [0.3, 0.4) is 0 Å². The Morgan fingerprint density at radius 3 is 2.03 bits per heavy atom. The van der Waals surface area contributed by atoms with E-state index in [9.17, 15) is 26.0 Å². The lowest BCUT2D eigenvalue weighted by atomic mass is 9.81. The molecular formula is C28H25FO6S2. The largest absolute Gasteiger partial charge is 0.466 e. The SMILES string of the molecule is CCOC(=O)[C@]12C[C@H](c3ccc(F)cc3)C(S(=O)(=O)c3ccccc3)=C[C@@]1(S(=O)(=O)c1ccccc1)C2. The molecule has 37 heavy (non-hydrogen) atoms. The first kappa shape index (κ1) is 25.4. The second-order valence-corrected chi connectivity index (χ2v) is 13.5. The molecule has 0 unspecified atom stereocenters. The number of benzene rings is 3. The van der Waals surface area contributed by atoms with Gasteiger partial charge in [-0.2, -0.15) is 0 Å². The van der Waals surface area contributed by atoms with Gasteiger partial charge in [-0.15, -0.1) is 0 Å². The molecule has 6 nitrogen and oxygen atoms in total. The monoisotopic (exact) mass is 540 g/mol. The molecule has 1 saturated carbocycles. The Kier molecular flexibility index (Phi) is 6.11. The molecule has 0 heterocycles. The Morgan fingerprint density at radius 1 is 0.892 bits per heavy atom. The molecule has 3 aromatic rings. The van der Waals surface area contributed by atoms with Crippen molar-refractivity contribution in [3.8, 4) is 0 Å². The molecule has 0 aromatic heterocycles. The fourth-order valence-corrected chi connectivity index (χ4v) is 9.58. The van der Waals surface area contributed by atoms with Gasteiger partial charge < -0.3 is 4.74 Å². The van der Waals surface area contributed by atoms with Gasteiger partial charge >= 0.3 is 5.97 Å². The third-order valence-corrected chi connectivity index (χ3v) is 11.8. The van der Waals surface area contributed by atoms with Crippen LogP contribution in [0.1, 0.15) is 31.2 Å². The molecule has 2 aliphatic rings. The smallest absolute Gasteiger partial charge is 0.314 e. The molecule has 0 bridgehead atoms. The molecule has 2 aliphatic carbocycles. The van der Waals surface area contributed by atoms with Gasteiger partial charge in [0.2, 0.25) is 9.84 Å². The highest BCUT2D eigenvalue weighted by atomic mass is 32.2. The summed E-state index contributed by atoms with van der Waals surface area (Å²) in [5, 5.41) is 0. The number of carbonyl (C=O) groups is 1. The molecule has 1 fully saturated rings. The second-order valence-electron chi connectivity index (χ2n) is 9.36. The van der Waals surface area contributed by atoms with E-state index in [1.54, 1.807) is 43.3 Å². The van der Waals surface area contributed by atoms with Crippen LogP contribution >= 0.6 is 0 Å². The van der Waals surface area contributed by atoms with Gasteiger partial charge in [0.25, 0.3) is 0 Å². The third kappa shape index (κ3) is 3.83. The molecule has 3 atom stereocenters. The van der Waals surface area contributed by atoms with Gasteiger partial charge in [0, 0.05) is 5.92 Å². The quantitative estimate of drug-likeness (QED) is 0.398. The van der Waals surface area contributed by atoms with E-state index in [0.717, 1.165) is 0 Å². The molecule has 0 amide bonds. The van der Waals surface area contributed by atoms with Crippen molar-refractivity contribution < 1.29 is 30.8 Å². The van der Waals surface area contributed by atoms with Crippen LogP contribution in [-0.4, -0.2) is 34.2 Å². The van der Waals surface area contributed by atoms with E-state index in [4.69, 9.17) is 4.74 Å². The van der Waals surface area contributed by atoms with E-state index in [-0.39, 0.29) is 34.1 Å². The highest BCUT2D eigenvalue weighted by Crippen LogP contribution is 2.71. The zero-order chi connectivity index (χ0) is 26.5. The Balaban J connectivity index is 1.78. The standard InChI is InChI=1S/C28H25FO6S2/c1-2-35-26(30)27-17-24(20-13-15-21(29)16-14-20)25(36(31,32)22-9-5-3-6-10-22)18-28(27,19-27)37(33,34)23-11-7-4-8-12-23/h3-16,18,24H,2,17,19H2,1H3/t24-,27-,28-/m1/s1. The average molecular weight is 541 g/mol. The lowest BCUT2D eigenvalue weighted by molar-refractivity contribution is -0.150. The molecular weight excluding hydrogens is 515 g/mol. The van der Waals surface area contributed by atoms with Crippen LogP contribution in [0.5, 0.6) is 0 Å². The number of rotatable bonds is 7. The molecule has 0 aliphatic heterocycles. The Hall–Kier alpha value is -3.30. The van der Waals surface area contributed by atoms with Crippen LogP contribution in [0.2, 0.25) is 0 Å². The van der Waals surface area contributed by atoms with Gasteiger partial charge in [0.05, 0.1) is 26.7 Å². The number of carbonyl (C=O) groups excluding carboxylic acids is 1. The number of halogens is 1. The number of esters is 1. The highest BCUT2D eigenvalue weighted by molar-refractivity contribution is 7.95. The van der Waals surface area contributed by atoms with Crippen molar-refractivity contribution in [1.82, 2.24) is 0 Å². The lowest BCUT2D eigenvalue weighted by Gasteiger charge is -2.33. The normalized spacial score (nSPS) is 25.0. The molecule has 0 N–H and O–H groups in total. The predicted molar refractivity (Wildman–Crippen MR) is 136 cm³/mol. The van der Waals surface area contributed by atoms with Gasteiger partial charge in [0.15, 0.2) is 9.84 Å². The van der Waals surface area contributed by atoms with Gasteiger partial charge in [-0.3, -0.25) is 4.79 Å². The fraction of sp³-hybridized carbons (Fsp3) is 0.250. The van der Waals surface area contributed by atoms with Crippen molar-refractivity contribution in [3.63, 3.8) is 0 Å². The molecule has 0 spiro atoms. The summed E-state index contributed by atoms with van der Waals surface area (Å²) < 4.78 is 73.4. The lowest BCUT2D eigenvalue weighted by Crippen LogP contribution is -2.40. The molecule has 192 valence electrons. The summed E-state index contributed by atoms with van der Waals surface area (Å²) in [6, 6.07) is 20.8. The van der Waals surface area contributed by atoms with E-state index in [0.29, 0.717) is 5.56 Å². The minimum atomic E-state index is -4.20. The number of hydrogen-bond donors (Lipinski definition) is 0. The van der Waals surface area contributed by atoms with Crippen LogP contribution < -0.4 is 0 Å². The van der Waals surface area contributed by atoms with Crippen LogP contribution in [0.15, 0.2) is 106 Å². The summed E-state index contributed by atoms with van der Waals surface area (Å²) in [6.07, 6.45) is 1.04. The summed E-state index contributed by atoms with van der Waals surface area (Å²) >= 11 is 0. The number of sulfone groups is 2. The molecule has 3 aromatic carbocycles. The van der Waals surface area contributed by atoms with E-state index in [1.807, 2.05) is 0 Å². The fourth-order valence-electron chi connectivity index (χ4n) is 5.43. The van der Waals surface area contributed by atoms with Crippen molar-refractivity contribution in [1.29, 1.82) is 0 Å². The van der Waals surface area contributed by atoms with Gasteiger partial charge in [-0.25, -0.2) is 21.2 Å². The Morgan fingerprint density at radius 2 is 1.46 bits per heavy atom. The number of ether oxygens (including phenoxy) is 1. The highest BCUT2D eigenvalue weighted by Gasteiger charge is 2.80. The van der Waals surface area contributed by atoms with Crippen LogP contribution in [0.4, 0.5) is 4.39 Å². The summed E-state index contributed by atoms with van der Waals surface area (Å²) in [4.78, 5) is 13.3. The Labute approximate surface area is 215 Å². The molecule has 0 saturated heterocycles. The van der Waals surface area contributed by atoms with Crippen molar-refractivity contribution in [2.45, 2.75) is 40.2 Å². The van der Waals surface area contributed by atoms with Gasteiger partial charge in [-0.1, -0.05) is 48.5 Å². The van der Waals surface area contributed by atoms with E-state index < -0.39 is 47.5 Å². The Bertz CT molecular complexity index is 1580.